The zero-order valence-electron chi connectivity index (χ0n) is 9.19. The average molecular weight is 228 g/mol. The summed E-state index contributed by atoms with van der Waals surface area (Å²) in [6.07, 6.45) is 7.82. The molecule has 0 amide bonds. The van der Waals surface area contributed by atoms with Crippen molar-refractivity contribution in [3.63, 3.8) is 0 Å². The Morgan fingerprint density at radius 1 is 1.60 bits per heavy atom. The molecule has 4 heteroatoms. The smallest absolute Gasteiger partial charge is 0.205 e. The van der Waals surface area contributed by atoms with Crippen molar-refractivity contribution in [3.8, 4) is 0 Å². The van der Waals surface area contributed by atoms with E-state index in [1.165, 1.54) is 19.3 Å². The van der Waals surface area contributed by atoms with Crippen molar-refractivity contribution in [3.05, 3.63) is 12.4 Å². The molecule has 0 aliphatic heterocycles. The van der Waals surface area contributed by atoms with E-state index in [0.29, 0.717) is 11.9 Å². The quantitative estimate of drug-likeness (QED) is 0.721. The van der Waals surface area contributed by atoms with Gasteiger partial charge in [-0.1, -0.05) is 0 Å². The van der Waals surface area contributed by atoms with Crippen LogP contribution in [0.2, 0.25) is 0 Å². The summed E-state index contributed by atoms with van der Waals surface area (Å²) in [4.78, 5) is 6.80. The lowest BCUT2D eigenvalue weighted by atomic mass is 9.92. The SMILES string of the molecule is CCn1ccnc1N(CCCl)C1CCC1. The number of aromatic nitrogens is 2. The summed E-state index contributed by atoms with van der Waals surface area (Å²) in [7, 11) is 0. The molecule has 0 aromatic carbocycles. The van der Waals surface area contributed by atoms with Crippen LogP contribution in [0.4, 0.5) is 5.95 Å². The van der Waals surface area contributed by atoms with Crippen LogP contribution in [0.3, 0.4) is 0 Å². The van der Waals surface area contributed by atoms with Crippen molar-refractivity contribution in [2.75, 3.05) is 17.3 Å². The Morgan fingerprint density at radius 3 is 2.93 bits per heavy atom. The Labute approximate surface area is 96.0 Å². The molecule has 1 saturated carbocycles. The fourth-order valence-electron chi connectivity index (χ4n) is 2.04. The van der Waals surface area contributed by atoms with Crippen LogP contribution in [0.25, 0.3) is 0 Å². The first kappa shape index (κ1) is 10.8. The van der Waals surface area contributed by atoms with Crippen molar-refractivity contribution in [1.82, 2.24) is 9.55 Å². The van der Waals surface area contributed by atoms with E-state index in [4.69, 9.17) is 11.6 Å². The molecule has 2 rings (SSSR count). The molecule has 1 aliphatic rings. The maximum absolute atomic E-state index is 5.86. The second-order valence-corrected chi connectivity index (χ2v) is 4.36. The number of imidazole rings is 1. The highest BCUT2D eigenvalue weighted by molar-refractivity contribution is 6.18. The molecular formula is C11H18ClN3. The lowest BCUT2D eigenvalue weighted by Crippen LogP contribution is -2.42. The fourth-order valence-corrected chi connectivity index (χ4v) is 2.22. The van der Waals surface area contributed by atoms with E-state index in [1.807, 2.05) is 12.4 Å². The molecule has 1 fully saturated rings. The van der Waals surface area contributed by atoms with Gasteiger partial charge in [0.25, 0.3) is 0 Å². The predicted molar refractivity (Wildman–Crippen MR) is 63.6 cm³/mol. The van der Waals surface area contributed by atoms with Gasteiger partial charge in [0.15, 0.2) is 0 Å². The molecule has 0 N–H and O–H groups in total. The van der Waals surface area contributed by atoms with Crippen LogP contribution in [0.1, 0.15) is 26.2 Å². The number of aryl methyl sites for hydroxylation is 1. The molecular weight excluding hydrogens is 210 g/mol. The topological polar surface area (TPSA) is 21.1 Å². The van der Waals surface area contributed by atoms with Crippen LogP contribution in [-0.2, 0) is 6.54 Å². The van der Waals surface area contributed by atoms with Crippen molar-refractivity contribution in [1.29, 1.82) is 0 Å². The van der Waals surface area contributed by atoms with Gasteiger partial charge in [-0.3, -0.25) is 0 Å². The first-order valence-corrected chi connectivity index (χ1v) is 6.24. The molecule has 0 saturated heterocycles. The molecule has 1 aliphatic carbocycles. The predicted octanol–water partition coefficient (Wildman–Crippen LogP) is 2.50. The minimum absolute atomic E-state index is 0.663. The Hall–Kier alpha value is -0.700. The Bertz CT molecular complexity index is 307. The minimum Gasteiger partial charge on any atom is -0.338 e. The summed E-state index contributed by atoms with van der Waals surface area (Å²) in [5.74, 6) is 1.76. The minimum atomic E-state index is 0.663. The van der Waals surface area contributed by atoms with E-state index >= 15 is 0 Å². The molecule has 84 valence electrons. The highest BCUT2D eigenvalue weighted by Gasteiger charge is 2.26. The highest BCUT2D eigenvalue weighted by atomic mass is 35.5. The number of alkyl halides is 1. The summed E-state index contributed by atoms with van der Waals surface area (Å²) in [6.45, 7) is 4.02. The summed E-state index contributed by atoms with van der Waals surface area (Å²) in [5.41, 5.74) is 0. The molecule has 0 atom stereocenters. The fraction of sp³-hybridized carbons (Fsp3) is 0.727. The van der Waals surface area contributed by atoms with Crippen LogP contribution >= 0.6 is 11.6 Å². The lowest BCUT2D eigenvalue weighted by molar-refractivity contribution is 0.383. The normalized spacial score (nSPS) is 16.4. The van der Waals surface area contributed by atoms with E-state index in [9.17, 15) is 0 Å². The van der Waals surface area contributed by atoms with E-state index < -0.39 is 0 Å². The third kappa shape index (κ3) is 2.12. The number of nitrogens with zero attached hydrogens (tertiary/aromatic N) is 3. The Kier molecular flexibility index (Phi) is 3.52. The van der Waals surface area contributed by atoms with E-state index in [-0.39, 0.29) is 0 Å². The molecule has 0 spiro atoms. The first-order chi connectivity index (χ1) is 7.36. The summed E-state index contributed by atoms with van der Waals surface area (Å²) >= 11 is 5.86. The molecule has 0 radical (unpaired) electrons. The van der Waals surface area contributed by atoms with Crippen molar-refractivity contribution in [2.45, 2.75) is 38.8 Å². The average Bonchev–Trinajstić information content (AvgIpc) is 2.61. The second kappa shape index (κ2) is 4.88. The molecule has 3 nitrogen and oxygen atoms in total. The van der Waals surface area contributed by atoms with Gasteiger partial charge in [0.2, 0.25) is 5.95 Å². The Morgan fingerprint density at radius 2 is 2.40 bits per heavy atom. The van der Waals surface area contributed by atoms with Crippen LogP contribution in [0.15, 0.2) is 12.4 Å². The van der Waals surface area contributed by atoms with Gasteiger partial charge in [0, 0.05) is 37.4 Å². The number of anilines is 1. The van der Waals surface area contributed by atoms with Gasteiger partial charge < -0.3 is 9.47 Å². The number of hydrogen-bond acceptors (Lipinski definition) is 2. The van der Waals surface area contributed by atoms with Gasteiger partial charge in [-0.25, -0.2) is 4.98 Å². The van der Waals surface area contributed by atoms with Crippen LogP contribution < -0.4 is 4.90 Å². The van der Waals surface area contributed by atoms with Gasteiger partial charge in [0.05, 0.1) is 0 Å². The zero-order chi connectivity index (χ0) is 10.7. The van der Waals surface area contributed by atoms with Gasteiger partial charge in [-0.2, -0.15) is 0 Å². The molecule has 0 unspecified atom stereocenters. The van der Waals surface area contributed by atoms with Gasteiger partial charge >= 0.3 is 0 Å². The number of rotatable bonds is 5. The van der Waals surface area contributed by atoms with E-state index in [1.54, 1.807) is 0 Å². The zero-order valence-corrected chi connectivity index (χ0v) is 9.95. The van der Waals surface area contributed by atoms with Crippen LogP contribution in [0, 0.1) is 0 Å². The van der Waals surface area contributed by atoms with E-state index in [0.717, 1.165) is 19.0 Å². The third-order valence-corrected chi connectivity index (χ3v) is 3.30. The first-order valence-electron chi connectivity index (χ1n) is 5.70. The van der Waals surface area contributed by atoms with Crippen molar-refractivity contribution in [2.24, 2.45) is 0 Å². The highest BCUT2D eigenvalue weighted by Crippen LogP contribution is 2.28. The monoisotopic (exact) mass is 227 g/mol. The Balaban J connectivity index is 2.15. The van der Waals surface area contributed by atoms with Crippen LogP contribution in [0.5, 0.6) is 0 Å². The second-order valence-electron chi connectivity index (χ2n) is 3.98. The summed E-state index contributed by atoms with van der Waals surface area (Å²) in [5, 5.41) is 0. The number of halogens is 1. The summed E-state index contributed by atoms with van der Waals surface area (Å²) < 4.78 is 2.19. The van der Waals surface area contributed by atoms with Crippen molar-refractivity contribution < 1.29 is 0 Å². The molecule has 15 heavy (non-hydrogen) atoms. The largest absolute Gasteiger partial charge is 0.338 e. The standard InChI is InChI=1S/C11H18ClN3/c1-2-14-9-7-13-11(14)15(8-6-12)10-4-3-5-10/h7,9-10H,2-6,8H2,1H3. The van der Waals surface area contributed by atoms with Crippen LogP contribution in [-0.4, -0.2) is 28.0 Å². The van der Waals surface area contributed by atoms with Crippen molar-refractivity contribution >= 4 is 17.5 Å². The third-order valence-electron chi connectivity index (χ3n) is 3.13. The summed E-state index contributed by atoms with van der Waals surface area (Å²) in [6, 6.07) is 0.663. The molecule has 0 bridgehead atoms. The van der Waals surface area contributed by atoms with Gasteiger partial charge in [-0.05, 0) is 26.2 Å². The number of hydrogen-bond donors (Lipinski definition) is 0. The molecule has 1 heterocycles. The van der Waals surface area contributed by atoms with E-state index in [2.05, 4.69) is 21.4 Å². The molecule has 1 aromatic heterocycles. The lowest BCUT2D eigenvalue weighted by Gasteiger charge is -2.38. The molecule has 1 aromatic rings. The maximum atomic E-state index is 5.86. The van der Waals surface area contributed by atoms with Gasteiger partial charge in [-0.15, -0.1) is 11.6 Å². The van der Waals surface area contributed by atoms with Gasteiger partial charge in [0.1, 0.15) is 0 Å². The maximum Gasteiger partial charge on any atom is 0.205 e.